The van der Waals surface area contributed by atoms with E-state index in [4.69, 9.17) is 37.9 Å². The molecule has 0 fully saturated rings. The lowest BCUT2D eigenvalue weighted by Crippen LogP contribution is -2.14. The number of hydrogen-bond donors (Lipinski definition) is 0. The van der Waals surface area contributed by atoms with Crippen LogP contribution in [0.1, 0.15) is 21.5 Å². The van der Waals surface area contributed by atoms with Crippen LogP contribution in [-0.4, -0.2) is 93.2 Å². The number of methoxy groups -OCH3 is 3. The minimum atomic E-state index is -4.41. The Morgan fingerprint density at radius 1 is 0.474 bits per heavy atom. The van der Waals surface area contributed by atoms with Crippen molar-refractivity contribution in [2.75, 3.05) is 87.4 Å². The van der Waals surface area contributed by atoms with Crippen LogP contribution in [0.2, 0.25) is 0 Å². The first kappa shape index (κ1) is 42.9. The molecule has 0 spiro atoms. The van der Waals surface area contributed by atoms with Gasteiger partial charge in [0, 0.05) is 29.4 Å². The number of hydrogen-bond acceptors (Lipinski definition) is 9. The fourth-order valence-corrected chi connectivity index (χ4v) is 5.85. The zero-order chi connectivity index (χ0) is 40.5. The Morgan fingerprint density at radius 3 is 1.28 bits per heavy atom. The topological polar surface area (TPSA) is 90.9 Å². The lowest BCUT2D eigenvalue weighted by Gasteiger charge is -2.14. The largest absolute Gasteiger partial charge is 0.496 e. The van der Waals surface area contributed by atoms with Crippen molar-refractivity contribution in [1.82, 2.24) is 0 Å². The van der Waals surface area contributed by atoms with Crippen molar-refractivity contribution >= 4 is 5.78 Å². The Kier molecular flexibility index (Phi) is 16.5. The van der Waals surface area contributed by atoms with Crippen LogP contribution in [0.15, 0.2) is 109 Å². The lowest BCUT2D eigenvalue weighted by atomic mass is 9.95. The minimum absolute atomic E-state index is 0.117. The molecule has 0 aromatic heterocycles. The molecule has 9 nitrogen and oxygen atoms in total. The third-order valence-corrected chi connectivity index (χ3v) is 8.88. The van der Waals surface area contributed by atoms with Crippen molar-refractivity contribution in [3.05, 3.63) is 126 Å². The van der Waals surface area contributed by atoms with E-state index in [0.717, 1.165) is 34.4 Å². The fourth-order valence-electron chi connectivity index (χ4n) is 5.85. The highest BCUT2D eigenvalue weighted by Gasteiger charge is 2.30. The van der Waals surface area contributed by atoms with Crippen molar-refractivity contribution in [3.8, 4) is 50.6 Å². The molecule has 0 amide bonds. The molecular formula is C45H47F3O9. The van der Waals surface area contributed by atoms with Gasteiger partial charge in [0.1, 0.15) is 23.9 Å². The number of ketones is 1. The summed E-state index contributed by atoms with van der Waals surface area (Å²) in [4.78, 5) is 13.3. The van der Waals surface area contributed by atoms with Gasteiger partial charge < -0.3 is 37.9 Å². The van der Waals surface area contributed by atoms with Crippen LogP contribution >= 0.6 is 0 Å². The van der Waals surface area contributed by atoms with E-state index in [1.165, 1.54) is 19.2 Å². The Hall–Kier alpha value is -5.24. The van der Waals surface area contributed by atoms with Crippen molar-refractivity contribution in [2.24, 2.45) is 0 Å². The Bertz CT molecular complexity index is 1980. The van der Waals surface area contributed by atoms with Gasteiger partial charge in [0.15, 0.2) is 5.78 Å². The molecule has 0 heterocycles. The maximum atomic E-state index is 13.3. The molecule has 0 bridgehead atoms. The van der Waals surface area contributed by atoms with Gasteiger partial charge in [-0.1, -0.05) is 60.7 Å². The number of alkyl halides is 3. The Balaban J connectivity index is 1.09. The van der Waals surface area contributed by atoms with Gasteiger partial charge in [0.25, 0.3) is 0 Å². The quantitative estimate of drug-likeness (QED) is 0.0475. The summed E-state index contributed by atoms with van der Waals surface area (Å²) in [6.45, 7) is 4.78. The van der Waals surface area contributed by atoms with Crippen LogP contribution in [0.5, 0.6) is 17.2 Å². The predicted molar refractivity (Wildman–Crippen MR) is 211 cm³/mol. The summed E-state index contributed by atoms with van der Waals surface area (Å²) in [5, 5.41) is 0. The van der Waals surface area contributed by atoms with E-state index in [0.29, 0.717) is 106 Å². The predicted octanol–water partition coefficient (Wildman–Crippen LogP) is 9.05. The summed E-state index contributed by atoms with van der Waals surface area (Å²) >= 11 is 0. The third-order valence-electron chi connectivity index (χ3n) is 8.88. The van der Waals surface area contributed by atoms with Crippen LogP contribution in [0.4, 0.5) is 13.2 Å². The molecule has 57 heavy (non-hydrogen) atoms. The van der Waals surface area contributed by atoms with Gasteiger partial charge in [0.2, 0.25) is 0 Å². The average Bonchev–Trinajstić information content (AvgIpc) is 3.24. The summed E-state index contributed by atoms with van der Waals surface area (Å²) in [7, 11) is 4.75. The van der Waals surface area contributed by atoms with Crippen molar-refractivity contribution in [3.63, 3.8) is 0 Å². The molecule has 12 heteroatoms. The lowest BCUT2D eigenvalue weighted by molar-refractivity contribution is -0.137. The fraction of sp³-hybridized carbons (Fsp3) is 0.311. The van der Waals surface area contributed by atoms with E-state index >= 15 is 0 Å². The van der Waals surface area contributed by atoms with Crippen molar-refractivity contribution < 1.29 is 55.9 Å². The number of halogens is 3. The molecule has 5 rings (SSSR count). The maximum absolute atomic E-state index is 13.3. The van der Waals surface area contributed by atoms with Crippen LogP contribution < -0.4 is 14.2 Å². The molecule has 0 radical (unpaired) electrons. The van der Waals surface area contributed by atoms with Gasteiger partial charge >= 0.3 is 6.18 Å². The Labute approximate surface area is 331 Å². The molecule has 0 N–H and O–H groups in total. The zero-order valence-electron chi connectivity index (χ0n) is 32.3. The maximum Gasteiger partial charge on any atom is 0.416 e. The molecule has 5 aromatic rings. The van der Waals surface area contributed by atoms with E-state index in [1.807, 2.05) is 48.5 Å². The Morgan fingerprint density at radius 2 is 0.860 bits per heavy atom. The van der Waals surface area contributed by atoms with Crippen molar-refractivity contribution in [2.45, 2.75) is 6.18 Å². The highest BCUT2D eigenvalue weighted by Crippen LogP contribution is 2.39. The van der Waals surface area contributed by atoms with Crippen LogP contribution in [-0.2, 0) is 29.9 Å². The van der Waals surface area contributed by atoms with E-state index in [-0.39, 0.29) is 5.78 Å². The summed E-state index contributed by atoms with van der Waals surface area (Å²) < 4.78 is 83.1. The van der Waals surface area contributed by atoms with E-state index < -0.39 is 11.7 Å². The second-order valence-electron chi connectivity index (χ2n) is 12.6. The number of rotatable bonds is 23. The highest BCUT2D eigenvalue weighted by molar-refractivity contribution is 6.09. The van der Waals surface area contributed by atoms with Gasteiger partial charge in [-0.15, -0.1) is 0 Å². The number of benzene rings is 5. The molecular weight excluding hydrogens is 741 g/mol. The standard InChI is InChI=1S/C45H47F3O9/c1-50-20-21-53-22-23-54-24-25-55-26-27-56-28-29-57-39-16-10-35(11-17-39)44(49)34-6-4-32(5-7-34)40-18-12-36(30-42(40)51-2)37-13-19-41(43(31-37)52-3)33-8-14-38(15-9-33)45(46,47)48/h4-19,30-31H,20-29H2,1-3H3. The molecule has 0 aliphatic heterocycles. The molecule has 302 valence electrons. The average molecular weight is 789 g/mol. The van der Waals surface area contributed by atoms with Gasteiger partial charge in [-0.25, -0.2) is 0 Å². The van der Waals surface area contributed by atoms with Crippen LogP contribution in [0, 0.1) is 0 Å². The van der Waals surface area contributed by atoms with E-state index in [9.17, 15) is 18.0 Å². The summed E-state index contributed by atoms with van der Waals surface area (Å²) in [6.07, 6.45) is -4.41. The van der Waals surface area contributed by atoms with Gasteiger partial charge in [0.05, 0.1) is 79.2 Å². The normalized spacial score (nSPS) is 11.4. The van der Waals surface area contributed by atoms with Gasteiger partial charge in [-0.3, -0.25) is 4.79 Å². The molecule has 5 aromatic carbocycles. The summed E-state index contributed by atoms with van der Waals surface area (Å²) in [5.74, 6) is 1.67. The SMILES string of the molecule is COCCOCCOCCOCCOCCOc1ccc(C(=O)c2ccc(-c3ccc(-c4ccc(-c5ccc(C(F)(F)F)cc5)c(OC)c4)cc3OC)cc2)cc1. The summed E-state index contributed by atoms with van der Waals surface area (Å²) in [5.41, 5.74) is 5.06. The second kappa shape index (κ2) is 21.9. The number of carbonyl (C=O) groups is 1. The molecule has 0 saturated carbocycles. The minimum Gasteiger partial charge on any atom is -0.496 e. The molecule has 0 saturated heterocycles. The monoisotopic (exact) mass is 788 g/mol. The molecule has 0 aliphatic rings. The third kappa shape index (κ3) is 12.6. The first-order valence-corrected chi connectivity index (χ1v) is 18.4. The van der Waals surface area contributed by atoms with Crippen molar-refractivity contribution in [1.29, 1.82) is 0 Å². The summed E-state index contributed by atoms with van der Waals surface area (Å²) in [6, 6.07) is 30.7. The van der Waals surface area contributed by atoms with Crippen LogP contribution in [0.25, 0.3) is 33.4 Å². The molecule has 0 aliphatic carbocycles. The van der Waals surface area contributed by atoms with Crippen LogP contribution in [0.3, 0.4) is 0 Å². The first-order chi connectivity index (χ1) is 27.7. The number of ether oxygens (including phenoxy) is 8. The van der Waals surface area contributed by atoms with Gasteiger partial charge in [-0.05, 0) is 70.8 Å². The zero-order valence-corrected chi connectivity index (χ0v) is 32.3. The highest BCUT2D eigenvalue weighted by atomic mass is 19.4. The van der Waals surface area contributed by atoms with E-state index in [2.05, 4.69) is 0 Å². The van der Waals surface area contributed by atoms with Gasteiger partial charge in [-0.2, -0.15) is 13.2 Å². The second-order valence-corrected chi connectivity index (χ2v) is 12.6. The first-order valence-electron chi connectivity index (χ1n) is 18.4. The molecule has 0 atom stereocenters. The smallest absolute Gasteiger partial charge is 0.416 e. The number of carbonyl (C=O) groups excluding carboxylic acids is 1. The molecule has 0 unspecified atom stereocenters. The van der Waals surface area contributed by atoms with E-state index in [1.54, 1.807) is 50.6 Å².